The van der Waals surface area contributed by atoms with Gasteiger partial charge in [0.25, 0.3) is 0 Å². The fourth-order valence-electron chi connectivity index (χ4n) is 1.25. The van der Waals surface area contributed by atoms with E-state index < -0.39 is 0 Å². The highest BCUT2D eigenvalue weighted by Gasteiger charge is 2.22. The van der Waals surface area contributed by atoms with Crippen molar-refractivity contribution < 1.29 is 4.79 Å². The first kappa shape index (κ1) is 10.5. The molecule has 2 amide bonds. The van der Waals surface area contributed by atoms with Crippen molar-refractivity contribution in [2.24, 2.45) is 0 Å². The number of rotatable bonds is 3. The van der Waals surface area contributed by atoms with Crippen LogP contribution in [0.4, 0.5) is 4.79 Å². The Labute approximate surface area is 97.4 Å². The third kappa shape index (κ3) is 3.55. The van der Waals surface area contributed by atoms with Crippen LogP contribution in [0.1, 0.15) is 18.4 Å². The molecule has 1 saturated carbocycles. The molecular formula is C11H13BrN2O. The van der Waals surface area contributed by atoms with Crippen molar-refractivity contribution in [2.75, 3.05) is 0 Å². The summed E-state index contributed by atoms with van der Waals surface area (Å²) in [4.78, 5) is 11.3. The highest BCUT2D eigenvalue weighted by Crippen LogP contribution is 2.18. The first-order valence-electron chi connectivity index (χ1n) is 5.03. The second-order valence-electron chi connectivity index (χ2n) is 3.73. The molecule has 80 valence electrons. The Morgan fingerprint density at radius 3 is 2.60 bits per heavy atom. The van der Waals surface area contributed by atoms with Crippen LogP contribution in [-0.4, -0.2) is 12.1 Å². The van der Waals surface area contributed by atoms with E-state index in [1.165, 1.54) is 0 Å². The molecule has 0 spiro atoms. The lowest BCUT2D eigenvalue weighted by Gasteiger charge is -2.06. The van der Waals surface area contributed by atoms with Gasteiger partial charge in [-0.2, -0.15) is 0 Å². The first-order chi connectivity index (χ1) is 7.24. The zero-order valence-electron chi connectivity index (χ0n) is 8.29. The zero-order chi connectivity index (χ0) is 10.7. The first-order valence-corrected chi connectivity index (χ1v) is 5.82. The molecule has 2 rings (SSSR count). The van der Waals surface area contributed by atoms with Crippen LogP contribution in [0.25, 0.3) is 0 Å². The smallest absolute Gasteiger partial charge is 0.315 e. The van der Waals surface area contributed by atoms with Crippen LogP contribution in [-0.2, 0) is 6.54 Å². The normalized spacial score (nSPS) is 14.7. The molecule has 1 aliphatic carbocycles. The summed E-state index contributed by atoms with van der Waals surface area (Å²) in [7, 11) is 0. The maximum Gasteiger partial charge on any atom is 0.315 e. The fourth-order valence-corrected chi connectivity index (χ4v) is 1.51. The van der Waals surface area contributed by atoms with Gasteiger partial charge in [-0.05, 0) is 30.5 Å². The van der Waals surface area contributed by atoms with E-state index in [-0.39, 0.29) is 6.03 Å². The molecule has 1 fully saturated rings. The third-order valence-corrected chi connectivity index (χ3v) is 2.81. The van der Waals surface area contributed by atoms with Gasteiger partial charge in [0.2, 0.25) is 0 Å². The Morgan fingerprint density at radius 2 is 2.00 bits per heavy atom. The molecule has 0 atom stereocenters. The van der Waals surface area contributed by atoms with Crippen molar-refractivity contribution in [1.29, 1.82) is 0 Å². The predicted molar refractivity (Wildman–Crippen MR) is 62.5 cm³/mol. The van der Waals surface area contributed by atoms with E-state index in [9.17, 15) is 4.79 Å². The van der Waals surface area contributed by atoms with E-state index in [0.717, 1.165) is 22.9 Å². The van der Waals surface area contributed by atoms with E-state index in [1.807, 2.05) is 24.3 Å². The second kappa shape index (κ2) is 4.66. The van der Waals surface area contributed by atoms with E-state index in [2.05, 4.69) is 26.6 Å². The molecule has 4 heteroatoms. The van der Waals surface area contributed by atoms with Crippen molar-refractivity contribution in [2.45, 2.75) is 25.4 Å². The van der Waals surface area contributed by atoms with Crippen LogP contribution in [0.5, 0.6) is 0 Å². The van der Waals surface area contributed by atoms with Crippen molar-refractivity contribution in [3.63, 3.8) is 0 Å². The second-order valence-corrected chi connectivity index (χ2v) is 4.64. The number of benzene rings is 1. The van der Waals surface area contributed by atoms with Gasteiger partial charge in [0, 0.05) is 17.1 Å². The van der Waals surface area contributed by atoms with Gasteiger partial charge in [0.15, 0.2) is 0 Å². The van der Waals surface area contributed by atoms with Gasteiger partial charge in [-0.15, -0.1) is 0 Å². The Kier molecular flexibility index (Phi) is 3.26. The Bertz CT molecular complexity index is 346. The number of nitrogens with one attached hydrogen (secondary N) is 2. The minimum absolute atomic E-state index is 0.0691. The lowest BCUT2D eigenvalue weighted by molar-refractivity contribution is 0.240. The van der Waals surface area contributed by atoms with Crippen LogP contribution >= 0.6 is 15.9 Å². The van der Waals surface area contributed by atoms with E-state index >= 15 is 0 Å². The van der Waals surface area contributed by atoms with Crippen molar-refractivity contribution >= 4 is 22.0 Å². The van der Waals surface area contributed by atoms with Gasteiger partial charge in [-0.1, -0.05) is 28.1 Å². The molecule has 0 aliphatic heterocycles. The topological polar surface area (TPSA) is 41.1 Å². The number of urea groups is 1. The molecule has 3 nitrogen and oxygen atoms in total. The van der Waals surface area contributed by atoms with Crippen LogP contribution < -0.4 is 10.6 Å². The van der Waals surface area contributed by atoms with Gasteiger partial charge in [0.1, 0.15) is 0 Å². The standard InChI is InChI=1S/C11H13BrN2O/c12-9-3-1-8(2-4-9)7-13-11(15)14-10-5-6-10/h1-4,10H,5-7H2,(H2,13,14,15). The van der Waals surface area contributed by atoms with Gasteiger partial charge in [-0.25, -0.2) is 4.79 Å². The van der Waals surface area contributed by atoms with Crippen molar-refractivity contribution in [3.8, 4) is 0 Å². The highest BCUT2D eigenvalue weighted by atomic mass is 79.9. The number of amides is 2. The minimum Gasteiger partial charge on any atom is -0.335 e. The molecule has 1 aromatic carbocycles. The summed E-state index contributed by atoms with van der Waals surface area (Å²) in [5, 5.41) is 5.70. The maximum atomic E-state index is 11.3. The number of halogens is 1. The van der Waals surface area contributed by atoms with Gasteiger partial charge in [-0.3, -0.25) is 0 Å². The summed E-state index contributed by atoms with van der Waals surface area (Å²) in [6.07, 6.45) is 2.23. The van der Waals surface area contributed by atoms with Gasteiger partial charge < -0.3 is 10.6 Å². The average Bonchev–Trinajstić information content (AvgIpc) is 3.01. The van der Waals surface area contributed by atoms with Crippen molar-refractivity contribution in [1.82, 2.24) is 10.6 Å². The molecule has 0 heterocycles. The molecular weight excluding hydrogens is 256 g/mol. The number of carbonyl (C=O) groups excluding carboxylic acids is 1. The summed E-state index contributed by atoms with van der Waals surface area (Å²) in [5.74, 6) is 0. The van der Waals surface area contributed by atoms with Gasteiger partial charge >= 0.3 is 6.03 Å². The summed E-state index contributed by atoms with van der Waals surface area (Å²) < 4.78 is 1.05. The third-order valence-electron chi connectivity index (χ3n) is 2.28. The molecule has 0 bridgehead atoms. The molecule has 0 saturated heterocycles. The fraction of sp³-hybridized carbons (Fsp3) is 0.364. The van der Waals surface area contributed by atoms with Crippen LogP contribution in [0.15, 0.2) is 28.7 Å². The maximum absolute atomic E-state index is 11.3. The summed E-state index contributed by atoms with van der Waals surface area (Å²) in [5.41, 5.74) is 1.10. The van der Waals surface area contributed by atoms with Crippen LogP contribution in [0, 0.1) is 0 Å². The van der Waals surface area contributed by atoms with E-state index in [4.69, 9.17) is 0 Å². The molecule has 1 aromatic rings. The molecule has 0 radical (unpaired) electrons. The average molecular weight is 269 g/mol. The Hall–Kier alpha value is -1.03. The monoisotopic (exact) mass is 268 g/mol. The molecule has 15 heavy (non-hydrogen) atoms. The van der Waals surface area contributed by atoms with E-state index in [1.54, 1.807) is 0 Å². The van der Waals surface area contributed by atoms with Crippen molar-refractivity contribution in [3.05, 3.63) is 34.3 Å². The van der Waals surface area contributed by atoms with E-state index in [0.29, 0.717) is 12.6 Å². The predicted octanol–water partition coefficient (Wildman–Crippen LogP) is 2.41. The summed E-state index contributed by atoms with van der Waals surface area (Å²) in [6.45, 7) is 0.575. The van der Waals surface area contributed by atoms with Gasteiger partial charge in [0.05, 0.1) is 0 Å². The molecule has 2 N–H and O–H groups in total. The van der Waals surface area contributed by atoms with Crippen LogP contribution in [0.3, 0.4) is 0 Å². The molecule has 0 unspecified atom stereocenters. The lowest BCUT2D eigenvalue weighted by atomic mass is 10.2. The Balaban J connectivity index is 1.76. The summed E-state index contributed by atoms with van der Waals surface area (Å²) in [6, 6.07) is 8.25. The highest BCUT2D eigenvalue weighted by molar-refractivity contribution is 9.10. The quantitative estimate of drug-likeness (QED) is 0.869. The Morgan fingerprint density at radius 1 is 1.33 bits per heavy atom. The lowest BCUT2D eigenvalue weighted by Crippen LogP contribution is -2.36. The number of hydrogen-bond acceptors (Lipinski definition) is 1. The zero-order valence-corrected chi connectivity index (χ0v) is 9.88. The number of carbonyl (C=O) groups is 1. The largest absolute Gasteiger partial charge is 0.335 e. The summed E-state index contributed by atoms with van der Waals surface area (Å²) >= 11 is 3.37. The SMILES string of the molecule is O=C(NCc1ccc(Br)cc1)NC1CC1. The number of hydrogen-bond donors (Lipinski definition) is 2. The molecule has 1 aliphatic rings. The molecule has 0 aromatic heterocycles. The van der Waals surface area contributed by atoms with Crippen LogP contribution in [0.2, 0.25) is 0 Å². The minimum atomic E-state index is -0.0691.